The Bertz CT molecular complexity index is 927. The van der Waals surface area contributed by atoms with Crippen LogP contribution in [-0.2, 0) is 10.2 Å². The number of rotatable bonds is 3. The van der Waals surface area contributed by atoms with E-state index in [2.05, 4.69) is 15.9 Å². The monoisotopic (exact) mass is 427 g/mol. The number of piperazine rings is 1. The van der Waals surface area contributed by atoms with Crippen LogP contribution in [0.15, 0.2) is 46.9 Å². The zero-order chi connectivity index (χ0) is 19.0. The van der Waals surface area contributed by atoms with E-state index in [0.717, 1.165) is 22.9 Å². The predicted octanol–water partition coefficient (Wildman–Crippen LogP) is 3.84. The van der Waals surface area contributed by atoms with Gasteiger partial charge >= 0.3 is 0 Å². The van der Waals surface area contributed by atoms with Crippen molar-refractivity contribution in [3.05, 3.63) is 63.9 Å². The maximum absolute atomic E-state index is 13.9. The van der Waals surface area contributed by atoms with Crippen molar-refractivity contribution in [1.82, 2.24) is 4.90 Å². The average Bonchev–Trinajstić information content (AvgIpc) is 3.49. The van der Waals surface area contributed by atoms with Gasteiger partial charge in [-0.1, -0.05) is 34.1 Å². The number of carbonyl (C=O) groups excluding carboxylic acids is 1. The van der Waals surface area contributed by atoms with Crippen molar-refractivity contribution >= 4 is 27.5 Å². The lowest BCUT2D eigenvalue weighted by molar-refractivity contribution is -0.134. The summed E-state index contributed by atoms with van der Waals surface area (Å²) in [6.07, 6.45) is 1.76. The van der Waals surface area contributed by atoms with E-state index in [0.29, 0.717) is 31.9 Å². The van der Waals surface area contributed by atoms with Gasteiger partial charge in [-0.2, -0.15) is 5.26 Å². The lowest BCUT2D eigenvalue weighted by atomic mass is 9.94. The normalized spacial score (nSPS) is 18.1. The van der Waals surface area contributed by atoms with E-state index in [1.807, 2.05) is 40.1 Å². The van der Waals surface area contributed by atoms with Crippen molar-refractivity contribution in [2.24, 2.45) is 0 Å². The van der Waals surface area contributed by atoms with Crippen LogP contribution in [0.25, 0.3) is 0 Å². The molecular weight excluding hydrogens is 409 g/mol. The number of nitrogens with zero attached hydrogens (tertiary/aromatic N) is 3. The second-order valence-corrected chi connectivity index (χ2v) is 8.03. The van der Waals surface area contributed by atoms with E-state index in [1.165, 1.54) is 6.07 Å². The Balaban J connectivity index is 1.48. The fourth-order valence-electron chi connectivity index (χ4n) is 3.88. The zero-order valence-electron chi connectivity index (χ0n) is 14.8. The van der Waals surface area contributed by atoms with Crippen molar-refractivity contribution in [3.63, 3.8) is 0 Å². The van der Waals surface area contributed by atoms with Gasteiger partial charge in [-0.3, -0.25) is 4.79 Å². The molecule has 0 radical (unpaired) electrons. The van der Waals surface area contributed by atoms with E-state index in [4.69, 9.17) is 0 Å². The summed E-state index contributed by atoms with van der Waals surface area (Å²) < 4.78 is 14.9. The number of halogens is 2. The predicted molar refractivity (Wildman–Crippen MR) is 105 cm³/mol. The highest BCUT2D eigenvalue weighted by Gasteiger charge is 2.53. The first-order valence-electron chi connectivity index (χ1n) is 9.04. The quantitative estimate of drug-likeness (QED) is 0.747. The molecule has 1 saturated heterocycles. The van der Waals surface area contributed by atoms with Crippen molar-refractivity contribution in [3.8, 4) is 6.07 Å². The largest absolute Gasteiger partial charge is 0.367 e. The van der Waals surface area contributed by atoms with Gasteiger partial charge in [-0.05, 0) is 42.7 Å². The molecule has 0 aromatic heterocycles. The van der Waals surface area contributed by atoms with Crippen molar-refractivity contribution in [1.29, 1.82) is 5.26 Å². The zero-order valence-corrected chi connectivity index (χ0v) is 16.4. The van der Waals surface area contributed by atoms with Gasteiger partial charge in [0.2, 0.25) is 5.91 Å². The molecule has 1 aliphatic carbocycles. The Morgan fingerprint density at radius 3 is 2.44 bits per heavy atom. The first-order valence-corrected chi connectivity index (χ1v) is 9.83. The van der Waals surface area contributed by atoms with Crippen LogP contribution >= 0.6 is 15.9 Å². The van der Waals surface area contributed by atoms with Crippen molar-refractivity contribution in [2.45, 2.75) is 18.3 Å². The smallest absolute Gasteiger partial charge is 0.233 e. The Kier molecular flexibility index (Phi) is 4.65. The van der Waals surface area contributed by atoms with Gasteiger partial charge in [-0.15, -0.1) is 0 Å². The second-order valence-electron chi connectivity index (χ2n) is 7.12. The molecule has 0 bridgehead atoms. The maximum Gasteiger partial charge on any atom is 0.233 e. The van der Waals surface area contributed by atoms with Crippen molar-refractivity contribution < 1.29 is 9.18 Å². The minimum absolute atomic E-state index is 0.0741. The Labute approximate surface area is 166 Å². The second kappa shape index (κ2) is 6.97. The van der Waals surface area contributed by atoms with Crippen LogP contribution < -0.4 is 4.90 Å². The molecule has 1 amide bonds. The third-order valence-corrected chi connectivity index (χ3v) is 6.04. The summed E-state index contributed by atoms with van der Waals surface area (Å²) in [7, 11) is 0. The molecule has 2 fully saturated rings. The molecule has 1 heterocycles. The fraction of sp³-hybridized carbons (Fsp3) is 0.333. The topological polar surface area (TPSA) is 47.3 Å². The molecule has 0 unspecified atom stereocenters. The third kappa shape index (κ3) is 3.21. The number of benzene rings is 2. The summed E-state index contributed by atoms with van der Waals surface area (Å²) in [6, 6.07) is 14.6. The SMILES string of the molecule is N#Cc1c(F)cccc1N1CCN(C(=O)C2(c3cccc(Br)c3)CC2)CC1. The Morgan fingerprint density at radius 1 is 1.11 bits per heavy atom. The standard InChI is InChI=1S/C21H19BrFN3O/c22-16-4-1-3-15(13-16)21(7-8-21)20(27)26-11-9-25(10-12-26)19-6-2-5-18(23)17(19)14-24/h1-6,13H,7-12H2. The van der Waals surface area contributed by atoms with Gasteiger partial charge in [0.25, 0.3) is 0 Å². The van der Waals surface area contributed by atoms with Crippen LogP contribution in [-0.4, -0.2) is 37.0 Å². The molecule has 6 heteroatoms. The highest BCUT2D eigenvalue weighted by atomic mass is 79.9. The molecule has 1 saturated carbocycles. The molecule has 4 nitrogen and oxygen atoms in total. The number of anilines is 1. The van der Waals surface area contributed by atoms with Crippen LogP contribution in [0, 0.1) is 17.1 Å². The highest BCUT2D eigenvalue weighted by molar-refractivity contribution is 9.10. The number of amides is 1. The molecule has 0 atom stereocenters. The van der Waals surface area contributed by atoms with Crippen LogP contribution in [0.2, 0.25) is 0 Å². The first-order chi connectivity index (χ1) is 13.0. The van der Waals surface area contributed by atoms with E-state index in [9.17, 15) is 14.4 Å². The molecule has 2 aliphatic rings. The number of hydrogen-bond donors (Lipinski definition) is 0. The molecule has 2 aromatic rings. The summed E-state index contributed by atoms with van der Waals surface area (Å²) in [4.78, 5) is 17.1. The van der Waals surface area contributed by atoms with Gasteiger partial charge in [0.05, 0.1) is 11.1 Å². The summed E-state index contributed by atoms with van der Waals surface area (Å²) in [5.74, 6) is -0.319. The molecule has 0 spiro atoms. The van der Waals surface area contributed by atoms with Crippen LogP contribution in [0.4, 0.5) is 10.1 Å². The van der Waals surface area contributed by atoms with E-state index in [-0.39, 0.29) is 16.9 Å². The van der Waals surface area contributed by atoms with Gasteiger partial charge in [0, 0.05) is 30.7 Å². The third-order valence-electron chi connectivity index (χ3n) is 5.55. The van der Waals surface area contributed by atoms with Crippen LogP contribution in [0.3, 0.4) is 0 Å². The van der Waals surface area contributed by atoms with Crippen molar-refractivity contribution in [2.75, 3.05) is 31.1 Å². The highest BCUT2D eigenvalue weighted by Crippen LogP contribution is 2.50. The number of carbonyl (C=O) groups is 1. The van der Waals surface area contributed by atoms with E-state index >= 15 is 0 Å². The van der Waals surface area contributed by atoms with Crippen LogP contribution in [0.5, 0.6) is 0 Å². The molecule has 138 valence electrons. The maximum atomic E-state index is 13.9. The first kappa shape index (κ1) is 18.0. The molecule has 27 heavy (non-hydrogen) atoms. The molecule has 0 N–H and O–H groups in total. The van der Waals surface area contributed by atoms with E-state index in [1.54, 1.807) is 12.1 Å². The summed E-state index contributed by atoms with van der Waals surface area (Å²) in [5, 5.41) is 9.25. The van der Waals surface area contributed by atoms with Gasteiger partial charge in [0.15, 0.2) is 0 Å². The number of hydrogen-bond acceptors (Lipinski definition) is 3. The number of nitriles is 1. The molecule has 4 rings (SSSR count). The Hall–Kier alpha value is -2.39. The molecule has 2 aromatic carbocycles. The lowest BCUT2D eigenvalue weighted by Gasteiger charge is -2.38. The Morgan fingerprint density at radius 2 is 1.81 bits per heavy atom. The molecule has 1 aliphatic heterocycles. The summed E-state index contributed by atoms with van der Waals surface area (Å²) >= 11 is 3.49. The van der Waals surface area contributed by atoms with Crippen LogP contribution in [0.1, 0.15) is 24.0 Å². The summed E-state index contributed by atoms with van der Waals surface area (Å²) in [6.45, 7) is 2.35. The minimum Gasteiger partial charge on any atom is -0.367 e. The minimum atomic E-state index is -0.500. The van der Waals surface area contributed by atoms with Gasteiger partial charge in [-0.25, -0.2) is 4.39 Å². The lowest BCUT2D eigenvalue weighted by Crippen LogP contribution is -2.51. The van der Waals surface area contributed by atoms with Gasteiger partial charge < -0.3 is 9.80 Å². The van der Waals surface area contributed by atoms with E-state index < -0.39 is 5.82 Å². The fourth-order valence-corrected chi connectivity index (χ4v) is 4.28. The van der Waals surface area contributed by atoms with Gasteiger partial charge in [0.1, 0.15) is 17.4 Å². The summed E-state index contributed by atoms with van der Waals surface area (Å²) in [5.41, 5.74) is 1.37. The molecular formula is C21H19BrFN3O. The average molecular weight is 428 g/mol.